The van der Waals surface area contributed by atoms with Gasteiger partial charge in [0.15, 0.2) is 10.9 Å². The molecule has 0 saturated carbocycles. The monoisotopic (exact) mass is 460 g/mol. The van der Waals surface area contributed by atoms with Gasteiger partial charge < -0.3 is 4.42 Å². The minimum Gasteiger partial charge on any atom is -0.440 e. The van der Waals surface area contributed by atoms with Crippen LogP contribution in [-0.2, 0) is 12.3 Å². The first-order valence-corrected chi connectivity index (χ1v) is 11.3. The molecule has 0 atom stereocenters. The summed E-state index contributed by atoms with van der Waals surface area (Å²) in [5.41, 5.74) is 2.40. The van der Waals surface area contributed by atoms with Crippen molar-refractivity contribution in [2.45, 2.75) is 17.5 Å². The van der Waals surface area contributed by atoms with Crippen LogP contribution in [0.5, 0.6) is 0 Å². The van der Waals surface area contributed by atoms with Gasteiger partial charge in [-0.05, 0) is 48.0 Å². The lowest BCUT2D eigenvalue weighted by Crippen LogP contribution is -2.24. The Bertz CT molecular complexity index is 1430. The number of rotatable bonds is 6. The molecule has 5 aromatic rings. The molecule has 3 aromatic heterocycles. The van der Waals surface area contributed by atoms with Gasteiger partial charge in [-0.15, -0.1) is 0 Å². The average Bonchev–Trinajstić information content (AvgIpc) is 3.30. The zero-order chi connectivity index (χ0) is 21.9. The number of benzene rings is 2. The lowest BCUT2D eigenvalue weighted by atomic mass is 10.2. The highest BCUT2D eigenvalue weighted by molar-refractivity contribution is 7.98. The first-order valence-electron chi connectivity index (χ1n) is 9.89. The molecule has 6 nitrogen and oxygen atoms in total. The molecular weight excluding hydrogens is 444 g/mol. The fourth-order valence-electron chi connectivity index (χ4n) is 3.32. The van der Waals surface area contributed by atoms with Crippen LogP contribution in [0.1, 0.15) is 11.5 Å². The predicted molar refractivity (Wildman–Crippen MR) is 126 cm³/mol. The zero-order valence-corrected chi connectivity index (χ0v) is 18.4. The van der Waals surface area contributed by atoms with Crippen LogP contribution in [0.2, 0.25) is 5.02 Å². The number of aromatic nitrogens is 4. The summed E-state index contributed by atoms with van der Waals surface area (Å²) in [5.74, 6) is 1.65. The molecule has 0 unspecified atom stereocenters. The SMILES string of the molecule is O=c1c2ccccc2nc(SCc2ncc(-c3ccc(Cl)cc3)o2)n1Cc1cccnc1. The molecule has 0 spiro atoms. The Balaban J connectivity index is 1.45. The van der Waals surface area contributed by atoms with E-state index in [1.54, 1.807) is 29.2 Å². The summed E-state index contributed by atoms with van der Waals surface area (Å²) in [5, 5.41) is 1.85. The van der Waals surface area contributed by atoms with Crippen LogP contribution in [0.3, 0.4) is 0 Å². The second-order valence-electron chi connectivity index (χ2n) is 7.08. The van der Waals surface area contributed by atoms with E-state index in [1.165, 1.54) is 11.8 Å². The van der Waals surface area contributed by atoms with Gasteiger partial charge in [0.25, 0.3) is 5.56 Å². The van der Waals surface area contributed by atoms with Crippen molar-refractivity contribution >= 4 is 34.3 Å². The molecule has 8 heteroatoms. The molecular formula is C24H17ClN4O2S. The van der Waals surface area contributed by atoms with Gasteiger partial charge in [-0.2, -0.15) is 0 Å². The van der Waals surface area contributed by atoms with E-state index in [-0.39, 0.29) is 5.56 Å². The van der Waals surface area contributed by atoms with E-state index in [0.29, 0.717) is 45.0 Å². The summed E-state index contributed by atoms with van der Waals surface area (Å²) in [6, 6.07) is 18.5. The summed E-state index contributed by atoms with van der Waals surface area (Å²) in [6.07, 6.45) is 5.15. The molecule has 5 rings (SSSR count). The third-order valence-electron chi connectivity index (χ3n) is 4.90. The largest absolute Gasteiger partial charge is 0.440 e. The first-order chi connectivity index (χ1) is 15.7. The maximum Gasteiger partial charge on any atom is 0.262 e. The number of pyridine rings is 1. The molecule has 0 fully saturated rings. The normalized spacial score (nSPS) is 11.2. The average molecular weight is 461 g/mol. The Morgan fingerprint density at radius 3 is 2.66 bits per heavy atom. The highest BCUT2D eigenvalue weighted by Gasteiger charge is 2.14. The van der Waals surface area contributed by atoms with Crippen molar-refractivity contribution in [1.82, 2.24) is 19.5 Å². The van der Waals surface area contributed by atoms with Gasteiger partial charge >= 0.3 is 0 Å². The number of halogens is 1. The van der Waals surface area contributed by atoms with Crippen LogP contribution in [0.15, 0.2) is 93.6 Å². The number of hydrogen-bond acceptors (Lipinski definition) is 6. The lowest BCUT2D eigenvalue weighted by Gasteiger charge is -2.12. The van der Waals surface area contributed by atoms with Crippen LogP contribution >= 0.6 is 23.4 Å². The summed E-state index contributed by atoms with van der Waals surface area (Å²) in [6.45, 7) is 0.383. The van der Waals surface area contributed by atoms with Crippen molar-refractivity contribution in [2.75, 3.05) is 0 Å². The van der Waals surface area contributed by atoms with Gasteiger partial charge in [0.1, 0.15) is 0 Å². The fraction of sp³-hybridized carbons (Fsp3) is 0.0833. The standard InChI is InChI=1S/C24H17ClN4O2S/c25-18-9-7-17(8-10-18)21-13-27-22(31-21)15-32-24-28-20-6-2-1-5-19(20)23(30)29(24)14-16-4-3-11-26-12-16/h1-13H,14-15H2. The van der Waals surface area contributed by atoms with Crippen LogP contribution in [0, 0.1) is 0 Å². The number of nitrogens with zero attached hydrogens (tertiary/aromatic N) is 4. The van der Waals surface area contributed by atoms with Crippen molar-refractivity contribution < 1.29 is 4.42 Å². The maximum atomic E-state index is 13.2. The molecule has 0 radical (unpaired) electrons. The third-order valence-corrected chi connectivity index (χ3v) is 6.11. The summed E-state index contributed by atoms with van der Waals surface area (Å²) in [7, 11) is 0. The van der Waals surface area contributed by atoms with Crippen molar-refractivity contribution in [3.63, 3.8) is 0 Å². The molecule has 0 aliphatic rings. The third kappa shape index (κ3) is 4.30. The second-order valence-corrected chi connectivity index (χ2v) is 8.46. The van der Waals surface area contributed by atoms with Gasteiger partial charge in [-0.1, -0.05) is 41.6 Å². The molecule has 0 aliphatic heterocycles. The summed E-state index contributed by atoms with van der Waals surface area (Å²) < 4.78 is 7.58. The number of para-hydroxylation sites is 1. The number of oxazole rings is 1. The molecule has 3 heterocycles. The van der Waals surface area contributed by atoms with E-state index < -0.39 is 0 Å². The van der Waals surface area contributed by atoms with Gasteiger partial charge in [0.2, 0.25) is 5.89 Å². The fourth-order valence-corrected chi connectivity index (χ4v) is 4.30. The molecule has 32 heavy (non-hydrogen) atoms. The van der Waals surface area contributed by atoms with Crippen molar-refractivity contribution in [1.29, 1.82) is 0 Å². The Morgan fingerprint density at radius 1 is 1.00 bits per heavy atom. The zero-order valence-electron chi connectivity index (χ0n) is 16.8. The Morgan fingerprint density at radius 2 is 1.84 bits per heavy atom. The molecule has 0 N–H and O–H groups in total. The lowest BCUT2D eigenvalue weighted by molar-refractivity contribution is 0.529. The van der Waals surface area contributed by atoms with E-state index in [1.807, 2.05) is 54.6 Å². The number of hydrogen-bond donors (Lipinski definition) is 0. The van der Waals surface area contributed by atoms with Crippen LogP contribution in [0.25, 0.3) is 22.2 Å². The Hall–Kier alpha value is -3.42. The van der Waals surface area contributed by atoms with E-state index in [2.05, 4.69) is 9.97 Å². The smallest absolute Gasteiger partial charge is 0.262 e. The van der Waals surface area contributed by atoms with Crippen LogP contribution in [0.4, 0.5) is 0 Å². The van der Waals surface area contributed by atoms with E-state index in [9.17, 15) is 4.79 Å². The quantitative estimate of drug-likeness (QED) is 0.248. The molecule has 0 saturated heterocycles. The van der Waals surface area contributed by atoms with Gasteiger partial charge in [-0.25, -0.2) is 9.97 Å². The first kappa shape index (κ1) is 20.5. The molecule has 0 aliphatic carbocycles. The topological polar surface area (TPSA) is 73.8 Å². The van der Waals surface area contributed by atoms with Crippen molar-refractivity contribution in [3.05, 3.63) is 106 Å². The van der Waals surface area contributed by atoms with Gasteiger partial charge in [-0.3, -0.25) is 14.3 Å². The minimum absolute atomic E-state index is 0.0868. The van der Waals surface area contributed by atoms with Crippen LogP contribution in [-0.4, -0.2) is 19.5 Å². The van der Waals surface area contributed by atoms with Crippen molar-refractivity contribution in [3.8, 4) is 11.3 Å². The van der Waals surface area contributed by atoms with Crippen molar-refractivity contribution in [2.24, 2.45) is 0 Å². The summed E-state index contributed by atoms with van der Waals surface area (Å²) >= 11 is 7.37. The van der Waals surface area contributed by atoms with Gasteiger partial charge in [0, 0.05) is 23.0 Å². The Labute approximate surface area is 192 Å². The molecule has 158 valence electrons. The minimum atomic E-state index is -0.0868. The molecule has 0 amide bonds. The second kappa shape index (κ2) is 8.98. The highest BCUT2D eigenvalue weighted by atomic mass is 35.5. The number of thioether (sulfide) groups is 1. The molecule has 2 aromatic carbocycles. The Kier molecular flexibility index (Phi) is 5.75. The van der Waals surface area contributed by atoms with Gasteiger partial charge in [0.05, 0.1) is 29.4 Å². The van der Waals surface area contributed by atoms with E-state index in [0.717, 1.165) is 11.1 Å². The summed E-state index contributed by atoms with van der Waals surface area (Å²) in [4.78, 5) is 26.5. The highest BCUT2D eigenvalue weighted by Crippen LogP contribution is 2.26. The maximum absolute atomic E-state index is 13.2. The molecule has 0 bridgehead atoms. The van der Waals surface area contributed by atoms with E-state index in [4.69, 9.17) is 21.0 Å². The number of fused-ring (bicyclic) bond motifs is 1. The predicted octanol–water partition coefficient (Wildman–Crippen LogP) is 5.44. The van der Waals surface area contributed by atoms with E-state index >= 15 is 0 Å². The van der Waals surface area contributed by atoms with Crippen LogP contribution < -0.4 is 5.56 Å².